The average molecular weight is 207 g/mol. The van der Waals surface area contributed by atoms with Crippen molar-refractivity contribution >= 4 is 0 Å². The fourth-order valence-corrected chi connectivity index (χ4v) is 1.66. The molecule has 2 nitrogen and oxygen atoms in total. The zero-order chi connectivity index (χ0) is 11.3. The van der Waals surface area contributed by atoms with Crippen LogP contribution >= 0.6 is 0 Å². The number of hydrogen-bond acceptors (Lipinski definition) is 2. The van der Waals surface area contributed by atoms with E-state index in [1.54, 1.807) is 6.92 Å². The highest BCUT2D eigenvalue weighted by Crippen LogP contribution is 2.10. The molecule has 1 aromatic carbocycles. The third kappa shape index (κ3) is 4.45. The van der Waals surface area contributed by atoms with Gasteiger partial charge in [-0.05, 0) is 44.9 Å². The summed E-state index contributed by atoms with van der Waals surface area (Å²) in [5.74, 6) is 0. The predicted molar refractivity (Wildman–Crippen MR) is 64.2 cm³/mol. The van der Waals surface area contributed by atoms with Gasteiger partial charge in [-0.3, -0.25) is 0 Å². The summed E-state index contributed by atoms with van der Waals surface area (Å²) in [6.45, 7) is 7.66. The van der Waals surface area contributed by atoms with E-state index in [1.165, 1.54) is 16.7 Å². The number of benzene rings is 1. The molecule has 0 saturated carbocycles. The smallest absolute Gasteiger partial charge is 0.0636 e. The molecule has 0 saturated heterocycles. The van der Waals surface area contributed by atoms with Gasteiger partial charge in [-0.15, -0.1) is 0 Å². The van der Waals surface area contributed by atoms with E-state index in [-0.39, 0.29) is 6.10 Å². The first-order valence-corrected chi connectivity index (χ1v) is 5.54. The number of aliphatic hydroxyl groups excluding tert-OH is 1. The van der Waals surface area contributed by atoms with Crippen molar-refractivity contribution in [1.82, 2.24) is 5.32 Å². The van der Waals surface area contributed by atoms with Crippen molar-refractivity contribution in [3.63, 3.8) is 0 Å². The van der Waals surface area contributed by atoms with Crippen LogP contribution in [0.25, 0.3) is 0 Å². The van der Waals surface area contributed by atoms with Crippen LogP contribution in [-0.4, -0.2) is 24.3 Å². The van der Waals surface area contributed by atoms with E-state index < -0.39 is 0 Å². The molecule has 0 radical (unpaired) electrons. The SMILES string of the molecule is Cc1ccc(CCNCC(C)O)c(C)c1. The fourth-order valence-electron chi connectivity index (χ4n) is 1.66. The first-order valence-electron chi connectivity index (χ1n) is 5.54. The van der Waals surface area contributed by atoms with Crippen LogP contribution in [0.4, 0.5) is 0 Å². The first-order chi connectivity index (χ1) is 7.09. The van der Waals surface area contributed by atoms with Crippen molar-refractivity contribution in [2.24, 2.45) is 0 Å². The van der Waals surface area contributed by atoms with Gasteiger partial charge in [-0.25, -0.2) is 0 Å². The maximum Gasteiger partial charge on any atom is 0.0636 e. The van der Waals surface area contributed by atoms with Crippen LogP contribution in [0.1, 0.15) is 23.6 Å². The molecule has 0 aliphatic heterocycles. The number of aliphatic hydroxyl groups is 1. The lowest BCUT2D eigenvalue weighted by Gasteiger charge is -2.09. The molecule has 0 heterocycles. The van der Waals surface area contributed by atoms with Crippen molar-refractivity contribution in [3.05, 3.63) is 34.9 Å². The van der Waals surface area contributed by atoms with Gasteiger partial charge in [0.25, 0.3) is 0 Å². The lowest BCUT2D eigenvalue weighted by atomic mass is 10.0. The van der Waals surface area contributed by atoms with Crippen LogP contribution in [-0.2, 0) is 6.42 Å². The van der Waals surface area contributed by atoms with Crippen molar-refractivity contribution in [3.8, 4) is 0 Å². The Bertz CT molecular complexity index is 307. The second-order valence-corrected chi connectivity index (χ2v) is 4.23. The number of hydrogen-bond donors (Lipinski definition) is 2. The second kappa shape index (κ2) is 5.89. The van der Waals surface area contributed by atoms with E-state index in [9.17, 15) is 0 Å². The maximum atomic E-state index is 9.08. The molecule has 0 fully saturated rings. The zero-order valence-electron chi connectivity index (χ0n) is 9.88. The maximum absolute atomic E-state index is 9.08. The van der Waals surface area contributed by atoms with Gasteiger partial charge in [0.2, 0.25) is 0 Å². The molecule has 1 rings (SSSR count). The third-order valence-corrected chi connectivity index (χ3v) is 2.51. The first kappa shape index (κ1) is 12.2. The monoisotopic (exact) mass is 207 g/mol. The Kier molecular flexibility index (Phi) is 4.79. The highest BCUT2D eigenvalue weighted by atomic mass is 16.3. The normalized spacial score (nSPS) is 12.8. The van der Waals surface area contributed by atoms with E-state index in [4.69, 9.17) is 5.11 Å². The van der Waals surface area contributed by atoms with Gasteiger partial charge >= 0.3 is 0 Å². The Morgan fingerprint density at radius 3 is 2.67 bits per heavy atom. The Hall–Kier alpha value is -0.860. The lowest BCUT2D eigenvalue weighted by Crippen LogP contribution is -2.26. The van der Waals surface area contributed by atoms with E-state index >= 15 is 0 Å². The molecule has 1 atom stereocenters. The summed E-state index contributed by atoms with van der Waals surface area (Å²) in [6, 6.07) is 6.55. The van der Waals surface area contributed by atoms with Crippen molar-refractivity contribution in [2.45, 2.75) is 33.3 Å². The van der Waals surface area contributed by atoms with E-state index in [2.05, 4.69) is 37.4 Å². The van der Waals surface area contributed by atoms with Crippen LogP contribution in [0.5, 0.6) is 0 Å². The van der Waals surface area contributed by atoms with Gasteiger partial charge in [0, 0.05) is 6.54 Å². The summed E-state index contributed by atoms with van der Waals surface area (Å²) < 4.78 is 0. The molecule has 1 aromatic rings. The van der Waals surface area contributed by atoms with Crippen LogP contribution < -0.4 is 5.32 Å². The molecule has 0 aliphatic rings. The van der Waals surface area contributed by atoms with Crippen molar-refractivity contribution in [2.75, 3.05) is 13.1 Å². The molecule has 2 heteroatoms. The van der Waals surface area contributed by atoms with Gasteiger partial charge in [-0.2, -0.15) is 0 Å². The highest BCUT2D eigenvalue weighted by molar-refractivity contribution is 5.30. The van der Waals surface area contributed by atoms with E-state index in [0.717, 1.165) is 13.0 Å². The molecular formula is C13H21NO. The van der Waals surface area contributed by atoms with E-state index in [0.29, 0.717) is 6.54 Å². The third-order valence-electron chi connectivity index (χ3n) is 2.51. The van der Waals surface area contributed by atoms with Gasteiger partial charge in [0.15, 0.2) is 0 Å². The molecule has 2 N–H and O–H groups in total. The molecule has 0 amide bonds. The van der Waals surface area contributed by atoms with Crippen LogP contribution in [0.2, 0.25) is 0 Å². The van der Waals surface area contributed by atoms with Crippen LogP contribution in [0.15, 0.2) is 18.2 Å². The second-order valence-electron chi connectivity index (χ2n) is 4.23. The van der Waals surface area contributed by atoms with Gasteiger partial charge in [0.1, 0.15) is 0 Å². The zero-order valence-corrected chi connectivity index (χ0v) is 9.88. The van der Waals surface area contributed by atoms with Gasteiger partial charge < -0.3 is 10.4 Å². The molecule has 84 valence electrons. The average Bonchev–Trinajstić information content (AvgIpc) is 2.14. The van der Waals surface area contributed by atoms with E-state index in [1.807, 2.05) is 0 Å². The highest BCUT2D eigenvalue weighted by Gasteiger charge is 1.99. The summed E-state index contributed by atoms with van der Waals surface area (Å²) in [6.07, 6.45) is 0.767. The van der Waals surface area contributed by atoms with Gasteiger partial charge in [0.05, 0.1) is 6.10 Å². The summed E-state index contributed by atoms with van der Waals surface area (Å²) in [5.41, 5.74) is 4.06. The Morgan fingerprint density at radius 2 is 2.07 bits per heavy atom. The lowest BCUT2D eigenvalue weighted by molar-refractivity contribution is 0.191. The molecule has 0 spiro atoms. The molecule has 0 aliphatic carbocycles. The standard InChI is InChI=1S/C13H21NO/c1-10-4-5-13(11(2)8-10)6-7-14-9-12(3)15/h4-5,8,12,14-15H,6-7,9H2,1-3H3. The number of rotatable bonds is 5. The molecular weight excluding hydrogens is 186 g/mol. The summed E-state index contributed by atoms with van der Waals surface area (Å²) in [5, 5.41) is 12.3. The minimum Gasteiger partial charge on any atom is -0.392 e. The van der Waals surface area contributed by atoms with Crippen molar-refractivity contribution in [1.29, 1.82) is 0 Å². The molecule has 15 heavy (non-hydrogen) atoms. The van der Waals surface area contributed by atoms with Gasteiger partial charge in [-0.1, -0.05) is 23.8 Å². The predicted octanol–water partition coefficient (Wildman–Crippen LogP) is 1.82. The minimum absolute atomic E-state index is 0.260. The molecule has 0 bridgehead atoms. The minimum atomic E-state index is -0.260. The quantitative estimate of drug-likeness (QED) is 0.722. The topological polar surface area (TPSA) is 32.3 Å². The Labute approximate surface area is 92.3 Å². The van der Waals surface area contributed by atoms with Crippen LogP contribution in [0.3, 0.4) is 0 Å². The summed E-state index contributed by atoms with van der Waals surface area (Å²) >= 11 is 0. The largest absolute Gasteiger partial charge is 0.392 e. The number of aryl methyl sites for hydroxylation is 2. The summed E-state index contributed by atoms with van der Waals surface area (Å²) in [4.78, 5) is 0. The summed E-state index contributed by atoms with van der Waals surface area (Å²) in [7, 11) is 0. The Morgan fingerprint density at radius 1 is 1.33 bits per heavy atom. The molecule has 1 unspecified atom stereocenters. The molecule has 0 aromatic heterocycles. The fraction of sp³-hybridized carbons (Fsp3) is 0.538. The Balaban J connectivity index is 2.37. The van der Waals surface area contributed by atoms with Crippen molar-refractivity contribution < 1.29 is 5.11 Å². The van der Waals surface area contributed by atoms with Crippen LogP contribution in [0, 0.1) is 13.8 Å². The number of nitrogens with one attached hydrogen (secondary N) is 1.